The molecule has 1 atom stereocenters. The van der Waals surface area contributed by atoms with E-state index in [0.29, 0.717) is 13.1 Å². The first-order chi connectivity index (χ1) is 11.5. The number of hydrogen-bond acceptors (Lipinski definition) is 3. The van der Waals surface area contributed by atoms with Crippen molar-refractivity contribution in [3.63, 3.8) is 0 Å². The third-order valence-electron chi connectivity index (χ3n) is 4.31. The number of halogens is 2. The molecule has 126 valence electrons. The monoisotopic (exact) mass is 349 g/mol. The first-order valence-electron chi connectivity index (χ1n) is 7.61. The molecular formula is C18H17ClFNO3. The average molecular weight is 350 g/mol. The number of methoxy groups -OCH3 is 1. The first kappa shape index (κ1) is 16.6. The van der Waals surface area contributed by atoms with Crippen LogP contribution in [0.2, 0.25) is 5.02 Å². The molecular weight excluding hydrogens is 333 g/mol. The van der Waals surface area contributed by atoms with E-state index in [2.05, 4.69) is 0 Å². The zero-order valence-corrected chi connectivity index (χ0v) is 13.9. The number of carbonyl (C=O) groups is 1. The fourth-order valence-electron chi connectivity index (χ4n) is 3.10. The van der Waals surface area contributed by atoms with Crippen LogP contribution in [0.3, 0.4) is 0 Å². The maximum atomic E-state index is 13.5. The largest absolute Gasteiger partial charge is 0.506 e. The molecule has 0 bridgehead atoms. The first-order valence-corrected chi connectivity index (χ1v) is 7.99. The minimum atomic E-state index is -0.651. The van der Waals surface area contributed by atoms with E-state index in [0.717, 1.165) is 29.9 Å². The van der Waals surface area contributed by atoms with Crippen LogP contribution in [-0.4, -0.2) is 36.1 Å². The lowest BCUT2D eigenvalue weighted by atomic mass is 9.97. The Balaban J connectivity index is 1.82. The van der Waals surface area contributed by atoms with Crippen molar-refractivity contribution < 1.29 is 19.0 Å². The van der Waals surface area contributed by atoms with Gasteiger partial charge in [0.1, 0.15) is 17.3 Å². The van der Waals surface area contributed by atoms with Crippen LogP contribution in [0.1, 0.15) is 28.3 Å². The topological polar surface area (TPSA) is 49.8 Å². The molecule has 1 fully saturated rings. The zero-order chi connectivity index (χ0) is 17.3. The summed E-state index contributed by atoms with van der Waals surface area (Å²) in [5.41, 5.74) is 0.928. The number of phenols is 1. The minimum absolute atomic E-state index is 0.110. The molecule has 0 radical (unpaired) electrons. The standard InChI is InChI=1S/C18H17ClFNO3/c1-24-16-5-3-2-4-13(16)11-6-7-21(10-11)18(23)14-8-12(20)9-15(19)17(14)22/h2-5,8-9,11,22H,6-7,10H2,1H3/t11-/m0/s1. The number of phenolic OH excluding ortho intramolecular Hbond substituents is 1. The van der Waals surface area contributed by atoms with E-state index in [9.17, 15) is 14.3 Å². The summed E-state index contributed by atoms with van der Waals surface area (Å²) >= 11 is 5.76. The Morgan fingerprint density at radius 1 is 1.38 bits per heavy atom. The van der Waals surface area contributed by atoms with Gasteiger partial charge < -0.3 is 14.7 Å². The lowest BCUT2D eigenvalue weighted by Crippen LogP contribution is -2.28. The Labute approximate surface area is 144 Å². The Kier molecular flexibility index (Phi) is 4.62. The molecule has 1 aliphatic rings. The van der Waals surface area contributed by atoms with E-state index in [4.69, 9.17) is 16.3 Å². The zero-order valence-electron chi connectivity index (χ0n) is 13.1. The number of aromatic hydroxyl groups is 1. The quantitative estimate of drug-likeness (QED) is 0.916. The predicted molar refractivity (Wildman–Crippen MR) is 89.3 cm³/mol. The van der Waals surface area contributed by atoms with Crippen molar-refractivity contribution in [2.75, 3.05) is 20.2 Å². The molecule has 0 aliphatic carbocycles. The molecule has 1 amide bonds. The van der Waals surface area contributed by atoms with Crippen molar-refractivity contribution in [3.8, 4) is 11.5 Å². The van der Waals surface area contributed by atoms with E-state index in [-0.39, 0.29) is 22.3 Å². The lowest BCUT2D eigenvalue weighted by Gasteiger charge is -2.18. The molecule has 1 aliphatic heterocycles. The smallest absolute Gasteiger partial charge is 0.257 e. The third-order valence-corrected chi connectivity index (χ3v) is 4.60. The number of hydrogen-bond donors (Lipinski definition) is 1. The number of para-hydroxylation sites is 1. The number of carbonyl (C=O) groups excluding carboxylic acids is 1. The van der Waals surface area contributed by atoms with Crippen LogP contribution < -0.4 is 4.74 Å². The highest BCUT2D eigenvalue weighted by molar-refractivity contribution is 6.32. The van der Waals surface area contributed by atoms with E-state index in [1.54, 1.807) is 12.0 Å². The lowest BCUT2D eigenvalue weighted by molar-refractivity contribution is 0.0787. The number of benzene rings is 2. The molecule has 1 N–H and O–H groups in total. The van der Waals surface area contributed by atoms with Gasteiger partial charge in [0.05, 0.1) is 17.7 Å². The van der Waals surface area contributed by atoms with Crippen molar-refractivity contribution in [3.05, 3.63) is 58.4 Å². The summed E-state index contributed by atoms with van der Waals surface area (Å²) in [4.78, 5) is 14.2. The second-order valence-corrected chi connectivity index (χ2v) is 6.17. The van der Waals surface area contributed by atoms with Gasteiger partial charge >= 0.3 is 0 Å². The second-order valence-electron chi connectivity index (χ2n) is 5.76. The van der Waals surface area contributed by atoms with Gasteiger partial charge in [-0.05, 0) is 30.2 Å². The molecule has 3 rings (SSSR count). The second kappa shape index (κ2) is 6.69. The molecule has 24 heavy (non-hydrogen) atoms. The van der Waals surface area contributed by atoms with Gasteiger partial charge in [0.2, 0.25) is 0 Å². The highest BCUT2D eigenvalue weighted by Crippen LogP contribution is 2.35. The Bertz CT molecular complexity index is 781. The highest BCUT2D eigenvalue weighted by Gasteiger charge is 2.31. The molecule has 6 heteroatoms. The van der Waals surface area contributed by atoms with Crippen LogP contribution in [0.5, 0.6) is 11.5 Å². The van der Waals surface area contributed by atoms with Gasteiger partial charge in [-0.25, -0.2) is 4.39 Å². The van der Waals surface area contributed by atoms with Gasteiger partial charge in [-0.1, -0.05) is 29.8 Å². The van der Waals surface area contributed by atoms with Crippen molar-refractivity contribution in [1.29, 1.82) is 0 Å². The van der Waals surface area contributed by atoms with Crippen LogP contribution in [0, 0.1) is 5.82 Å². The molecule has 1 saturated heterocycles. The molecule has 4 nitrogen and oxygen atoms in total. The van der Waals surface area contributed by atoms with E-state index >= 15 is 0 Å². The van der Waals surface area contributed by atoms with Gasteiger partial charge in [-0.3, -0.25) is 4.79 Å². The summed E-state index contributed by atoms with van der Waals surface area (Å²) in [5, 5.41) is 9.78. The molecule has 2 aromatic rings. The summed E-state index contributed by atoms with van der Waals surface area (Å²) in [6.45, 7) is 1.00. The van der Waals surface area contributed by atoms with Gasteiger partial charge in [-0.2, -0.15) is 0 Å². The molecule has 2 aromatic carbocycles. The molecule has 0 unspecified atom stereocenters. The van der Waals surface area contributed by atoms with Crippen molar-refractivity contribution in [1.82, 2.24) is 4.90 Å². The Morgan fingerprint density at radius 3 is 2.88 bits per heavy atom. The molecule has 0 saturated carbocycles. The van der Waals surface area contributed by atoms with Gasteiger partial charge in [-0.15, -0.1) is 0 Å². The summed E-state index contributed by atoms with van der Waals surface area (Å²) in [7, 11) is 1.61. The molecule has 0 spiro atoms. The summed E-state index contributed by atoms with van der Waals surface area (Å²) < 4.78 is 18.9. The number of likely N-dealkylation sites (tertiary alicyclic amines) is 1. The maximum Gasteiger partial charge on any atom is 0.257 e. The van der Waals surface area contributed by atoms with Crippen LogP contribution in [-0.2, 0) is 0 Å². The Morgan fingerprint density at radius 2 is 2.12 bits per heavy atom. The van der Waals surface area contributed by atoms with E-state index in [1.807, 2.05) is 24.3 Å². The Hall–Kier alpha value is -2.27. The fraction of sp³-hybridized carbons (Fsp3) is 0.278. The van der Waals surface area contributed by atoms with Gasteiger partial charge in [0.15, 0.2) is 0 Å². The number of ether oxygens (including phenoxy) is 1. The van der Waals surface area contributed by atoms with Gasteiger partial charge in [0, 0.05) is 19.0 Å². The normalized spacial score (nSPS) is 17.1. The summed E-state index contributed by atoms with van der Waals surface area (Å²) in [5.74, 6) is -0.540. The van der Waals surface area contributed by atoms with Crippen LogP contribution >= 0.6 is 11.6 Å². The highest BCUT2D eigenvalue weighted by atomic mass is 35.5. The van der Waals surface area contributed by atoms with Crippen LogP contribution in [0.25, 0.3) is 0 Å². The minimum Gasteiger partial charge on any atom is -0.506 e. The summed E-state index contributed by atoms with van der Waals surface area (Å²) in [6, 6.07) is 9.69. The molecule has 1 heterocycles. The number of amides is 1. The summed E-state index contributed by atoms with van der Waals surface area (Å²) in [6.07, 6.45) is 0.774. The molecule has 0 aromatic heterocycles. The van der Waals surface area contributed by atoms with E-state index in [1.165, 1.54) is 0 Å². The maximum absolute atomic E-state index is 13.5. The van der Waals surface area contributed by atoms with Gasteiger partial charge in [0.25, 0.3) is 5.91 Å². The number of rotatable bonds is 3. The third kappa shape index (κ3) is 3.04. The fourth-order valence-corrected chi connectivity index (χ4v) is 3.31. The number of nitrogens with zero attached hydrogens (tertiary/aromatic N) is 1. The van der Waals surface area contributed by atoms with Crippen LogP contribution in [0.4, 0.5) is 4.39 Å². The van der Waals surface area contributed by atoms with E-state index < -0.39 is 11.7 Å². The predicted octanol–water partition coefficient (Wildman–Crippen LogP) is 3.82. The van der Waals surface area contributed by atoms with Crippen molar-refractivity contribution in [2.45, 2.75) is 12.3 Å². The van der Waals surface area contributed by atoms with Crippen molar-refractivity contribution in [2.24, 2.45) is 0 Å². The average Bonchev–Trinajstić information content (AvgIpc) is 3.07. The van der Waals surface area contributed by atoms with Crippen LogP contribution in [0.15, 0.2) is 36.4 Å². The van der Waals surface area contributed by atoms with Crippen molar-refractivity contribution >= 4 is 17.5 Å². The SMILES string of the molecule is COc1ccccc1[C@H]1CCN(C(=O)c2cc(F)cc(Cl)c2O)C1.